The first-order chi connectivity index (χ1) is 6.83. The van der Waals surface area contributed by atoms with E-state index in [2.05, 4.69) is 26.3 Å². The lowest BCUT2D eigenvalue weighted by molar-refractivity contribution is 1.50. The Balaban J connectivity index is -0.0000000327. The molecule has 0 aliphatic heterocycles. The van der Waals surface area contributed by atoms with Crippen molar-refractivity contribution in [2.45, 2.75) is 35.1 Å². The van der Waals surface area contributed by atoms with Crippen LogP contribution in [0.2, 0.25) is 0 Å². The van der Waals surface area contributed by atoms with Gasteiger partial charge in [0.05, 0.1) is 0 Å². The molecule has 0 fully saturated rings. The Morgan fingerprint density at radius 3 is 0.800 bits per heavy atom. The van der Waals surface area contributed by atoms with E-state index in [4.69, 9.17) is 0 Å². The van der Waals surface area contributed by atoms with Crippen molar-refractivity contribution >= 4 is 0 Å². The van der Waals surface area contributed by atoms with Crippen LogP contribution in [0.5, 0.6) is 0 Å². The Labute approximate surface area is 98.4 Å². The highest BCUT2D eigenvalue weighted by atomic mass is 13.5. The number of rotatable bonds is 3. The molecular formula is C15H30. The molecule has 0 aromatic heterocycles. The molecule has 0 N–H and O–H groups in total. The van der Waals surface area contributed by atoms with Crippen molar-refractivity contribution in [3.8, 4) is 0 Å². The second-order valence-corrected chi connectivity index (χ2v) is 1.33. The molecule has 0 amide bonds. The predicted octanol–water partition coefficient (Wildman–Crippen LogP) is 5.96. The van der Waals surface area contributed by atoms with Crippen molar-refractivity contribution in [2.75, 3.05) is 0 Å². The molecule has 0 aromatic carbocycles. The van der Waals surface area contributed by atoms with Crippen molar-refractivity contribution in [1.82, 2.24) is 0 Å². The van der Waals surface area contributed by atoms with E-state index in [1.54, 1.807) is 24.3 Å². The van der Waals surface area contributed by atoms with Crippen molar-refractivity contribution in [1.29, 1.82) is 0 Å². The molecule has 0 aromatic rings. The zero-order chi connectivity index (χ0) is 12.2. The van der Waals surface area contributed by atoms with Gasteiger partial charge in [-0.15, -0.1) is 0 Å². The smallest absolute Gasteiger partial charge is 0.0629 e. The van der Waals surface area contributed by atoms with Gasteiger partial charge in [-0.2, -0.15) is 0 Å². The Morgan fingerprint density at radius 1 is 0.533 bits per heavy atom. The fourth-order valence-electron chi connectivity index (χ4n) is 0.157. The lowest BCUT2D eigenvalue weighted by Gasteiger charge is -1.60. The maximum Gasteiger partial charge on any atom is -0.0629 e. The highest BCUT2D eigenvalue weighted by molar-refractivity contribution is 5.05. The summed E-state index contributed by atoms with van der Waals surface area (Å²) in [6, 6.07) is 0. The minimum Gasteiger partial charge on any atom is -0.0991 e. The molecule has 0 heterocycles. The van der Waals surface area contributed by atoms with Crippen molar-refractivity contribution in [2.24, 2.45) is 0 Å². The average Bonchev–Trinajstić information content (AvgIpc) is 2.32. The molecule has 90 valence electrons. The SMILES string of the molecule is C.C=C/C=C\C=C.C=CC=C.CC.CC. The van der Waals surface area contributed by atoms with Gasteiger partial charge in [-0.3, -0.25) is 0 Å². The van der Waals surface area contributed by atoms with E-state index in [9.17, 15) is 0 Å². The number of allylic oxidation sites excluding steroid dienone is 6. The van der Waals surface area contributed by atoms with Gasteiger partial charge >= 0.3 is 0 Å². The second kappa shape index (κ2) is 78.7. The number of hydrogen-bond donors (Lipinski definition) is 0. The summed E-state index contributed by atoms with van der Waals surface area (Å²) in [5.41, 5.74) is 0. The summed E-state index contributed by atoms with van der Waals surface area (Å²) in [5.74, 6) is 0. The monoisotopic (exact) mass is 210 g/mol. The largest absolute Gasteiger partial charge is 0.0991 e. The molecular weight excluding hydrogens is 180 g/mol. The second-order valence-electron chi connectivity index (χ2n) is 1.33. The van der Waals surface area contributed by atoms with E-state index >= 15 is 0 Å². The summed E-state index contributed by atoms with van der Waals surface area (Å²) in [5, 5.41) is 0. The van der Waals surface area contributed by atoms with Crippen LogP contribution in [0, 0.1) is 0 Å². The molecule has 0 aliphatic carbocycles. The normalized spacial score (nSPS) is 5.60. The van der Waals surface area contributed by atoms with Gasteiger partial charge in [0.1, 0.15) is 0 Å². The van der Waals surface area contributed by atoms with E-state index in [0.29, 0.717) is 0 Å². The van der Waals surface area contributed by atoms with Crippen molar-refractivity contribution in [3.63, 3.8) is 0 Å². The molecule has 0 nitrogen and oxygen atoms in total. The van der Waals surface area contributed by atoms with Gasteiger partial charge < -0.3 is 0 Å². The van der Waals surface area contributed by atoms with Crippen LogP contribution >= 0.6 is 0 Å². The summed E-state index contributed by atoms with van der Waals surface area (Å²) >= 11 is 0. The zero-order valence-electron chi connectivity index (χ0n) is 10.3. The first-order valence-electron chi connectivity index (χ1n) is 4.97. The lowest BCUT2D eigenvalue weighted by atomic mass is 10.5. The standard InChI is InChI=1S/C6H8.C4H6.2C2H6.CH4/c1-3-5-6-4-2;1-3-4-2;2*1-2;/h3-6H,1-2H2;3-4H,1-2H2;2*1-2H3;1H4/b6-5-;;;;. The summed E-state index contributed by atoms with van der Waals surface area (Å²) in [6.07, 6.45) is 10.4. The van der Waals surface area contributed by atoms with E-state index < -0.39 is 0 Å². The third kappa shape index (κ3) is 199. The summed E-state index contributed by atoms with van der Waals surface area (Å²) in [4.78, 5) is 0. The lowest BCUT2D eigenvalue weighted by Crippen LogP contribution is -1.38. The van der Waals surface area contributed by atoms with Gasteiger partial charge in [0.25, 0.3) is 0 Å². The Bertz CT molecular complexity index is 111. The number of hydrogen-bond acceptors (Lipinski definition) is 0. The minimum absolute atomic E-state index is 0. The third-order valence-corrected chi connectivity index (χ3v) is 0.550. The van der Waals surface area contributed by atoms with E-state index in [0.717, 1.165) is 0 Å². The highest BCUT2D eigenvalue weighted by Gasteiger charge is 1.47. The van der Waals surface area contributed by atoms with Gasteiger partial charge in [-0.05, 0) is 0 Å². The van der Waals surface area contributed by atoms with Crippen LogP contribution in [0.1, 0.15) is 35.1 Å². The fourth-order valence-corrected chi connectivity index (χ4v) is 0.157. The molecule has 0 aliphatic rings. The van der Waals surface area contributed by atoms with Gasteiger partial charge in [-0.25, -0.2) is 0 Å². The van der Waals surface area contributed by atoms with Crippen LogP contribution in [-0.4, -0.2) is 0 Å². The Kier molecular flexibility index (Phi) is 153. The Hall–Kier alpha value is -1.30. The molecule has 0 rings (SSSR count). The average molecular weight is 210 g/mol. The fraction of sp³-hybridized carbons (Fsp3) is 0.333. The molecule has 0 saturated carbocycles. The molecule has 0 atom stereocenters. The quantitative estimate of drug-likeness (QED) is 0.504. The van der Waals surface area contributed by atoms with Crippen LogP contribution in [0.4, 0.5) is 0 Å². The maximum absolute atomic E-state index is 3.46. The van der Waals surface area contributed by atoms with Crippen LogP contribution < -0.4 is 0 Å². The summed E-state index contributed by atoms with van der Waals surface area (Å²) in [6.45, 7) is 21.6. The van der Waals surface area contributed by atoms with Gasteiger partial charge in [0.15, 0.2) is 0 Å². The van der Waals surface area contributed by atoms with E-state index in [1.165, 1.54) is 0 Å². The van der Waals surface area contributed by atoms with E-state index in [1.807, 2.05) is 39.8 Å². The zero-order valence-corrected chi connectivity index (χ0v) is 10.3. The maximum atomic E-state index is 3.46. The molecule has 0 unspecified atom stereocenters. The molecule has 0 saturated heterocycles. The van der Waals surface area contributed by atoms with Crippen molar-refractivity contribution in [3.05, 3.63) is 62.8 Å². The summed E-state index contributed by atoms with van der Waals surface area (Å²) in [7, 11) is 0. The van der Waals surface area contributed by atoms with Crippen LogP contribution in [0.25, 0.3) is 0 Å². The van der Waals surface area contributed by atoms with Gasteiger partial charge in [0.2, 0.25) is 0 Å². The molecule has 0 bridgehead atoms. The van der Waals surface area contributed by atoms with Gasteiger partial charge in [-0.1, -0.05) is 97.9 Å². The molecule has 0 spiro atoms. The predicted molar refractivity (Wildman–Crippen MR) is 79.4 cm³/mol. The first-order valence-corrected chi connectivity index (χ1v) is 4.97. The molecule has 0 radical (unpaired) electrons. The Morgan fingerprint density at radius 2 is 0.733 bits per heavy atom. The van der Waals surface area contributed by atoms with E-state index in [-0.39, 0.29) is 7.43 Å². The third-order valence-electron chi connectivity index (χ3n) is 0.550. The minimum atomic E-state index is 0. The topological polar surface area (TPSA) is 0 Å². The van der Waals surface area contributed by atoms with Crippen molar-refractivity contribution < 1.29 is 0 Å². The van der Waals surface area contributed by atoms with Crippen LogP contribution in [-0.2, 0) is 0 Å². The van der Waals surface area contributed by atoms with Crippen LogP contribution in [0.15, 0.2) is 62.8 Å². The first kappa shape index (κ1) is 29.2. The summed E-state index contributed by atoms with van der Waals surface area (Å²) < 4.78 is 0. The molecule has 0 heteroatoms. The van der Waals surface area contributed by atoms with Crippen LogP contribution in [0.3, 0.4) is 0 Å². The van der Waals surface area contributed by atoms with Gasteiger partial charge in [0, 0.05) is 0 Å². The molecule has 15 heavy (non-hydrogen) atoms. The highest BCUT2D eigenvalue weighted by Crippen LogP contribution is 1.69.